The minimum absolute atomic E-state index is 0.188. The minimum atomic E-state index is -0.188. The monoisotopic (exact) mass is 314 g/mol. The molecule has 2 aromatic rings. The van der Waals surface area contributed by atoms with Crippen LogP contribution in [-0.4, -0.2) is 32.3 Å². The Bertz CT molecular complexity index is 639. The molecule has 2 amide bonds. The normalized spacial score (nSPS) is 13.9. The van der Waals surface area contributed by atoms with Crippen molar-refractivity contribution in [3.63, 3.8) is 0 Å². The van der Waals surface area contributed by atoms with Crippen LogP contribution in [0.2, 0.25) is 0 Å². The van der Waals surface area contributed by atoms with Gasteiger partial charge in [-0.1, -0.05) is 12.5 Å². The molecule has 0 radical (unpaired) electrons. The third kappa shape index (κ3) is 4.28. The van der Waals surface area contributed by atoms with Crippen LogP contribution >= 0.6 is 0 Å². The molecule has 122 valence electrons. The highest BCUT2D eigenvalue weighted by Gasteiger charge is 2.14. The molecule has 0 saturated heterocycles. The lowest BCUT2D eigenvalue weighted by Gasteiger charge is -2.09. The number of rotatable bonds is 5. The van der Waals surface area contributed by atoms with Gasteiger partial charge in [0.2, 0.25) is 0 Å². The molecule has 0 atom stereocenters. The van der Waals surface area contributed by atoms with E-state index in [0.29, 0.717) is 19.5 Å². The van der Waals surface area contributed by atoms with Crippen molar-refractivity contribution in [3.8, 4) is 0 Å². The van der Waals surface area contributed by atoms with Gasteiger partial charge >= 0.3 is 6.03 Å². The lowest BCUT2D eigenvalue weighted by Crippen LogP contribution is -2.36. The molecule has 3 rings (SSSR count). The van der Waals surface area contributed by atoms with E-state index in [1.165, 1.54) is 12.8 Å². The first-order chi connectivity index (χ1) is 11.3. The van der Waals surface area contributed by atoms with Crippen LogP contribution in [0.15, 0.2) is 24.4 Å². The van der Waals surface area contributed by atoms with Gasteiger partial charge in [0.15, 0.2) is 5.82 Å². The Morgan fingerprint density at radius 1 is 1.17 bits per heavy atom. The molecule has 0 spiro atoms. The smallest absolute Gasteiger partial charge is 0.315 e. The number of carbonyl (C=O) groups excluding carboxylic acids is 1. The first-order valence-corrected chi connectivity index (χ1v) is 8.15. The topological polar surface area (TPSA) is 84.7 Å². The van der Waals surface area contributed by atoms with Gasteiger partial charge in [0.05, 0.1) is 6.54 Å². The Kier molecular flexibility index (Phi) is 5.18. The molecule has 1 aliphatic rings. The first-order valence-electron chi connectivity index (χ1n) is 8.15. The maximum absolute atomic E-state index is 11.9. The number of amides is 2. The molecule has 0 saturated carbocycles. The predicted octanol–water partition coefficient (Wildman–Crippen LogP) is 1.44. The van der Waals surface area contributed by atoms with E-state index in [1.807, 2.05) is 18.2 Å². The number of urea groups is 1. The number of nitrogens with zero attached hydrogens (tertiary/aromatic N) is 4. The van der Waals surface area contributed by atoms with Crippen LogP contribution in [0.5, 0.6) is 0 Å². The lowest BCUT2D eigenvalue weighted by molar-refractivity contribution is 0.240. The number of aromatic nitrogens is 4. The predicted molar refractivity (Wildman–Crippen MR) is 85.8 cm³/mol. The molecule has 3 heterocycles. The van der Waals surface area contributed by atoms with Crippen LogP contribution < -0.4 is 10.6 Å². The van der Waals surface area contributed by atoms with E-state index in [1.54, 1.807) is 6.20 Å². The largest absolute Gasteiger partial charge is 0.338 e. The van der Waals surface area contributed by atoms with Crippen molar-refractivity contribution in [2.75, 3.05) is 6.54 Å². The minimum Gasteiger partial charge on any atom is -0.338 e. The third-order valence-electron chi connectivity index (χ3n) is 3.99. The van der Waals surface area contributed by atoms with Gasteiger partial charge in [-0.25, -0.2) is 4.79 Å². The van der Waals surface area contributed by atoms with Crippen molar-refractivity contribution in [2.24, 2.45) is 0 Å². The zero-order valence-electron chi connectivity index (χ0n) is 13.2. The van der Waals surface area contributed by atoms with Gasteiger partial charge in [0.25, 0.3) is 0 Å². The van der Waals surface area contributed by atoms with E-state index < -0.39 is 0 Å². The van der Waals surface area contributed by atoms with Gasteiger partial charge in [0, 0.05) is 37.8 Å². The molecule has 0 aliphatic carbocycles. The van der Waals surface area contributed by atoms with E-state index in [2.05, 4.69) is 30.4 Å². The SMILES string of the molecule is O=C(NCCc1ccccn1)NCc1nnc2n1CCCCC2. The van der Waals surface area contributed by atoms with E-state index in [4.69, 9.17) is 0 Å². The van der Waals surface area contributed by atoms with Gasteiger partial charge in [0.1, 0.15) is 5.82 Å². The average molecular weight is 314 g/mol. The molecule has 2 aromatic heterocycles. The number of fused-ring (bicyclic) bond motifs is 1. The summed E-state index contributed by atoms with van der Waals surface area (Å²) in [5.74, 6) is 1.87. The standard InChI is InChI=1S/C16H22N6O/c23-16(18-10-8-13-6-3-4-9-17-13)19-12-15-21-20-14-7-2-1-5-11-22(14)15/h3-4,6,9H,1-2,5,7-8,10-12H2,(H2,18,19,23). The maximum atomic E-state index is 11.9. The summed E-state index contributed by atoms with van der Waals surface area (Å²) in [6.45, 7) is 1.91. The van der Waals surface area contributed by atoms with E-state index >= 15 is 0 Å². The van der Waals surface area contributed by atoms with Crippen molar-refractivity contribution >= 4 is 6.03 Å². The summed E-state index contributed by atoms with van der Waals surface area (Å²) in [6.07, 6.45) is 6.99. The van der Waals surface area contributed by atoms with E-state index in [-0.39, 0.29) is 6.03 Å². The fraction of sp³-hybridized carbons (Fsp3) is 0.500. The van der Waals surface area contributed by atoms with Crippen LogP contribution in [0.4, 0.5) is 4.79 Å². The second-order valence-corrected chi connectivity index (χ2v) is 5.68. The van der Waals surface area contributed by atoms with Gasteiger partial charge in [-0.2, -0.15) is 0 Å². The summed E-state index contributed by atoms with van der Waals surface area (Å²) in [5.41, 5.74) is 0.968. The summed E-state index contributed by atoms with van der Waals surface area (Å²) in [4.78, 5) is 16.1. The van der Waals surface area contributed by atoms with Crippen molar-refractivity contribution in [1.82, 2.24) is 30.4 Å². The van der Waals surface area contributed by atoms with Crippen molar-refractivity contribution in [1.29, 1.82) is 0 Å². The Morgan fingerprint density at radius 3 is 3.00 bits per heavy atom. The maximum Gasteiger partial charge on any atom is 0.315 e. The molecule has 0 aromatic carbocycles. The molecular formula is C16H22N6O. The number of nitrogens with one attached hydrogen (secondary N) is 2. The third-order valence-corrected chi connectivity index (χ3v) is 3.99. The van der Waals surface area contributed by atoms with Gasteiger partial charge < -0.3 is 15.2 Å². The van der Waals surface area contributed by atoms with Gasteiger partial charge in [-0.3, -0.25) is 4.98 Å². The van der Waals surface area contributed by atoms with Crippen LogP contribution in [0.1, 0.15) is 36.6 Å². The highest BCUT2D eigenvalue weighted by Crippen LogP contribution is 2.14. The highest BCUT2D eigenvalue weighted by atomic mass is 16.2. The molecular weight excluding hydrogens is 292 g/mol. The number of hydrogen-bond acceptors (Lipinski definition) is 4. The first kappa shape index (κ1) is 15.5. The fourth-order valence-electron chi connectivity index (χ4n) is 2.75. The van der Waals surface area contributed by atoms with Crippen LogP contribution in [0.3, 0.4) is 0 Å². The van der Waals surface area contributed by atoms with Crippen LogP contribution in [-0.2, 0) is 25.9 Å². The molecule has 0 unspecified atom stereocenters. The Labute approximate surface area is 135 Å². The highest BCUT2D eigenvalue weighted by molar-refractivity contribution is 5.73. The Hall–Kier alpha value is -2.44. The number of hydrogen-bond donors (Lipinski definition) is 2. The average Bonchev–Trinajstić information content (AvgIpc) is 2.80. The summed E-state index contributed by atoms with van der Waals surface area (Å²) in [5, 5.41) is 14.1. The number of aryl methyl sites for hydroxylation is 1. The zero-order chi connectivity index (χ0) is 15.9. The van der Waals surface area contributed by atoms with Crippen molar-refractivity contribution in [3.05, 3.63) is 41.7 Å². The van der Waals surface area contributed by atoms with Crippen molar-refractivity contribution < 1.29 is 4.79 Å². The molecule has 23 heavy (non-hydrogen) atoms. The van der Waals surface area contributed by atoms with E-state index in [9.17, 15) is 4.79 Å². The van der Waals surface area contributed by atoms with Crippen LogP contribution in [0.25, 0.3) is 0 Å². The summed E-state index contributed by atoms with van der Waals surface area (Å²) in [6, 6.07) is 5.59. The quantitative estimate of drug-likeness (QED) is 0.874. The Balaban J connectivity index is 1.43. The summed E-state index contributed by atoms with van der Waals surface area (Å²) >= 11 is 0. The molecule has 0 fully saturated rings. The van der Waals surface area contributed by atoms with Crippen molar-refractivity contribution in [2.45, 2.75) is 45.2 Å². The lowest BCUT2D eigenvalue weighted by atomic mass is 10.2. The molecule has 7 nitrogen and oxygen atoms in total. The zero-order valence-corrected chi connectivity index (χ0v) is 13.2. The molecule has 7 heteroatoms. The molecule has 0 bridgehead atoms. The second kappa shape index (κ2) is 7.71. The number of carbonyl (C=O) groups is 1. The number of pyridine rings is 1. The molecule has 2 N–H and O–H groups in total. The Morgan fingerprint density at radius 2 is 2.13 bits per heavy atom. The second-order valence-electron chi connectivity index (χ2n) is 5.68. The van der Waals surface area contributed by atoms with Crippen LogP contribution in [0, 0.1) is 0 Å². The van der Waals surface area contributed by atoms with Gasteiger partial charge in [-0.15, -0.1) is 10.2 Å². The summed E-state index contributed by atoms with van der Waals surface area (Å²) < 4.78 is 2.14. The van der Waals surface area contributed by atoms with Gasteiger partial charge in [-0.05, 0) is 25.0 Å². The fourth-order valence-corrected chi connectivity index (χ4v) is 2.75. The summed E-state index contributed by atoms with van der Waals surface area (Å²) in [7, 11) is 0. The van der Waals surface area contributed by atoms with E-state index in [0.717, 1.165) is 36.7 Å². The molecule has 1 aliphatic heterocycles.